The summed E-state index contributed by atoms with van der Waals surface area (Å²) in [5, 5.41) is 2.40. The minimum absolute atomic E-state index is 0.418. The molecular formula is C13H9NO3S. The third-order valence-corrected chi connectivity index (χ3v) is 3.18. The van der Waals surface area contributed by atoms with E-state index in [0.717, 1.165) is 22.5 Å². The highest BCUT2D eigenvalue weighted by Crippen LogP contribution is 2.30. The molecule has 0 fully saturated rings. The Balaban J connectivity index is 2.32. The van der Waals surface area contributed by atoms with Crippen LogP contribution in [0.15, 0.2) is 36.4 Å². The molecule has 1 aliphatic heterocycles. The summed E-state index contributed by atoms with van der Waals surface area (Å²) in [5.41, 5.74) is 0.994. The fourth-order valence-corrected chi connectivity index (χ4v) is 2.44. The molecule has 0 aliphatic carbocycles. The first-order valence-electron chi connectivity index (χ1n) is 5.35. The van der Waals surface area contributed by atoms with E-state index in [0.29, 0.717) is 16.5 Å². The number of imide groups is 1. The number of hydrogen-bond donors (Lipinski definition) is 0. The van der Waals surface area contributed by atoms with Crippen LogP contribution in [0.3, 0.4) is 0 Å². The zero-order valence-electron chi connectivity index (χ0n) is 9.54. The fraction of sp³-hybridized carbons (Fsp3) is 0.0769. The van der Waals surface area contributed by atoms with Crippen LogP contribution in [0, 0.1) is 0 Å². The van der Waals surface area contributed by atoms with Crippen LogP contribution in [0.1, 0.15) is 20.7 Å². The van der Waals surface area contributed by atoms with Gasteiger partial charge in [0.1, 0.15) is 0 Å². The molecule has 90 valence electrons. The summed E-state index contributed by atoms with van der Waals surface area (Å²) in [4.78, 5) is 24.3. The van der Waals surface area contributed by atoms with Crippen molar-refractivity contribution in [2.24, 2.45) is 0 Å². The lowest BCUT2D eigenvalue weighted by Crippen LogP contribution is -2.38. The molecule has 2 aromatic carbocycles. The van der Waals surface area contributed by atoms with E-state index in [4.69, 9.17) is 4.28 Å². The lowest BCUT2D eigenvalue weighted by molar-refractivity contribution is -0.00722. The Kier molecular flexibility index (Phi) is 2.57. The summed E-state index contributed by atoms with van der Waals surface area (Å²) in [5.74, 6) is -0.836. The molecule has 0 spiro atoms. The molecule has 0 N–H and O–H groups in total. The SMILES string of the molecule is CSON1C(=O)c2cccc3cccc(c23)C1=O. The summed E-state index contributed by atoms with van der Waals surface area (Å²) in [6, 6.07) is 10.8. The Morgan fingerprint density at radius 2 is 1.56 bits per heavy atom. The van der Waals surface area contributed by atoms with E-state index in [1.807, 2.05) is 12.1 Å². The van der Waals surface area contributed by atoms with Gasteiger partial charge >= 0.3 is 0 Å². The largest absolute Gasteiger partial charge is 0.286 e. The van der Waals surface area contributed by atoms with Crippen LogP contribution >= 0.6 is 12.0 Å². The van der Waals surface area contributed by atoms with Gasteiger partial charge in [0, 0.05) is 23.7 Å². The standard InChI is InChI=1S/C13H9NO3S/c1-18-17-14-12(15)9-6-2-4-8-5-3-7-10(11(8)9)13(14)16/h2-7H,1H3. The molecule has 0 bridgehead atoms. The maximum atomic E-state index is 12.2. The van der Waals surface area contributed by atoms with Gasteiger partial charge in [0.05, 0.1) is 11.1 Å². The fourth-order valence-electron chi connectivity index (χ4n) is 2.15. The Morgan fingerprint density at radius 3 is 2.06 bits per heavy atom. The van der Waals surface area contributed by atoms with Crippen molar-refractivity contribution < 1.29 is 13.9 Å². The highest BCUT2D eigenvalue weighted by molar-refractivity contribution is 7.93. The van der Waals surface area contributed by atoms with Gasteiger partial charge in [-0.2, -0.15) is 4.28 Å². The van der Waals surface area contributed by atoms with Gasteiger partial charge in [-0.15, -0.1) is 5.06 Å². The van der Waals surface area contributed by atoms with Crippen molar-refractivity contribution in [3.05, 3.63) is 47.5 Å². The third kappa shape index (κ3) is 1.45. The number of hydroxylamine groups is 2. The number of carbonyl (C=O) groups is 2. The smallest absolute Gasteiger partial charge is 0.266 e. The van der Waals surface area contributed by atoms with Crippen molar-refractivity contribution in [3.63, 3.8) is 0 Å². The highest BCUT2D eigenvalue weighted by Gasteiger charge is 2.33. The van der Waals surface area contributed by atoms with Gasteiger partial charge in [-0.3, -0.25) is 9.59 Å². The van der Waals surface area contributed by atoms with Crippen molar-refractivity contribution in [1.29, 1.82) is 0 Å². The predicted molar refractivity (Wildman–Crippen MR) is 69.0 cm³/mol. The van der Waals surface area contributed by atoms with E-state index in [1.54, 1.807) is 30.5 Å². The summed E-state index contributed by atoms with van der Waals surface area (Å²) in [7, 11) is 0. The summed E-state index contributed by atoms with van der Waals surface area (Å²) in [6.07, 6.45) is 1.65. The number of amides is 2. The lowest BCUT2D eigenvalue weighted by atomic mass is 9.95. The van der Waals surface area contributed by atoms with E-state index in [1.165, 1.54) is 0 Å². The van der Waals surface area contributed by atoms with Crippen molar-refractivity contribution in [1.82, 2.24) is 5.06 Å². The van der Waals surface area contributed by atoms with Gasteiger partial charge in [0.2, 0.25) is 0 Å². The van der Waals surface area contributed by atoms with E-state index >= 15 is 0 Å². The zero-order chi connectivity index (χ0) is 12.7. The Morgan fingerprint density at radius 1 is 1.00 bits per heavy atom. The average molecular weight is 259 g/mol. The first-order valence-corrected chi connectivity index (χ1v) is 6.50. The summed E-state index contributed by atoms with van der Waals surface area (Å²) < 4.78 is 5.05. The molecule has 1 heterocycles. The van der Waals surface area contributed by atoms with E-state index < -0.39 is 11.8 Å². The molecule has 0 aromatic heterocycles. The Bertz CT molecular complexity index is 618. The van der Waals surface area contributed by atoms with Crippen LogP contribution in [0.2, 0.25) is 0 Å². The quantitative estimate of drug-likeness (QED) is 0.614. The van der Waals surface area contributed by atoms with Crippen molar-refractivity contribution in [2.45, 2.75) is 0 Å². The van der Waals surface area contributed by atoms with Crippen molar-refractivity contribution in [3.8, 4) is 0 Å². The minimum atomic E-state index is -0.418. The number of carbonyl (C=O) groups excluding carboxylic acids is 2. The van der Waals surface area contributed by atoms with Gasteiger partial charge < -0.3 is 0 Å². The monoisotopic (exact) mass is 259 g/mol. The molecule has 4 nitrogen and oxygen atoms in total. The maximum Gasteiger partial charge on any atom is 0.286 e. The van der Waals surface area contributed by atoms with E-state index in [9.17, 15) is 9.59 Å². The summed E-state index contributed by atoms with van der Waals surface area (Å²) in [6.45, 7) is 0. The van der Waals surface area contributed by atoms with Gasteiger partial charge in [-0.05, 0) is 17.5 Å². The van der Waals surface area contributed by atoms with Gasteiger partial charge in [0.25, 0.3) is 11.8 Å². The van der Waals surface area contributed by atoms with Crippen LogP contribution in [0.25, 0.3) is 10.8 Å². The molecule has 2 amide bonds. The topological polar surface area (TPSA) is 46.6 Å². The number of rotatable bonds is 2. The molecule has 2 aromatic rings. The highest BCUT2D eigenvalue weighted by atomic mass is 32.2. The van der Waals surface area contributed by atoms with Crippen molar-refractivity contribution >= 4 is 34.6 Å². The van der Waals surface area contributed by atoms with Crippen LogP contribution in [-0.2, 0) is 4.28 Å². The van der Waals surface area contributed by atoms with Gasteiger partial charge in [-0.1, -0.05) is 24.3 Å². The molecular weight excluding hydrogens is 250 g/mol. The van der Waals surface area contributed by atoms with E-state index in [2.05, 4.69) is 0 Å². The number of hydrogen-bond acceptors (Lipinski definition) is 4. The molecule has 0 saturated heterocycles. The zero-order valence-corrected chi connectivity index (χ0v) is 10.4. The number of nitrogens with zero attached hydrogens (tertiary/aromatic N) is 1. The first kappa shape index (κ1) is 11.3. The summed E-state index contributed by atoms with van der Waals surface area (Å²) >= 11 is 0.964. The molecule has 0 radical (unpaired) electrons. The third-order valence-electron chi connectivity index (χ3n) is 2.88. The van der Waals surface area contributed by atoms with Crippen LogP contribution < -0.4 is 0 Å². The Labute approximate surface area is 108 Å². The number of benzene rings is 2. The first-order chi connectivity index (χ1) is 8.74. The molecule has 0 atom stereocenters. The van der Waals surface area contributed by atoms with Crippen LogP contribution in [0.5, 0.6) is 0 Å². The lowest BCUT2D eigenvalue weighted by Gasteiger charge is -2.24. The second-order valence-corrected chi connectivity index (χ2v) is 4.34. The second-order valence-electron chi connectivity index (χ2n) is 3.86. The Hall–Kier alpha value is -1.85. The minimum Gasteiger partial charge on any atom is -0.266 e. The second kappa shape index (κ2) is 4.12. The van der Waals surface area contributed by atoms with Crippen LogP contribution in [0.4, 0.5) is 0 Å². The van der Waals surface area contributed by atoms with Crippen molar-refractivity contribution in [2.75, 3.05) is 6.26 Å². The molecule has 0 unspecified atom stereocenters. The normalized spacial score (nSPS) is 14.4. The average Bonchev–Trinajstić information content (AvgIpc) is 2.40. The van der Waals surface area contributed by atoms with E-state index in [-0.39, 0.29) is 0 Å². The molecule has 5 heteroatoms. The maximum absolute atomic E-state index is 12.2. The van der Waals surface area contributed by atoms with Gasteiger partial charge in [-0.25, -0.2) is 0 Å². The predicted octanol–water partition coefficient (Wildman–Crippen LogP) is 2.65. The van der Waals surface area contributed by atoms with Gasteiger partial charge in [0.15, 0.2) is 0 Å². The molecule has 0 saturated carbocycles. The molecule has 3 rings (SSSR count). The van der Waals surface area contributed by atoms with Crippen LogP contribution in [-0.4, -0.2) is 23.1 Å². The molecule has 18 heavy (non-hydrogen) atoms. The molecule has 1 aliphatic rings.